The summed E-state index contributed by atoms with van der Waals surface area (Å²) in [5.41, 5.74) is 11.6. The first-order chi connectivity index (χ1) is 17.4. The molecule has 0 unspecified atom stereocenters. The van der Waals surface area contributed by atoms with Crippen molar-refractivity contribution < 1.29 is 26.4 Å². The van der Waals surface area contributed by atoms with Crippen molar-refractivity contribution in [2.24, 2.45) is 11.7 Å². The number of carbonyl (C=O) groups is 1. The maximum atomic E-state index is 14.6. The zero-order valence-electron chi connectivity index (χ0n) is 20.3. The number of nitrogen functional groups attached to an aromatic ring is 1. The van der Waals surface area contributed by atoms with Crippen LogP contribution in [0.3, 0.4) is 0 Å². The number of sulfone groups is 1. The molecule has 11 heteroatoms. The zero-order chi connectivity index (χ0) is 27.1. The predicted octanol–water partition coefficient (Wildman–Crippen LogP) is 3.82. The van der Waals surface area contributed by atoms with Crippen LogP contribution in [-0.2, 0) is 16.3 Å². The minimum atomic E-state index is -3.33. The molecule has 2 aromatic heterocycles. The number of nitrogens with two attached hydrogens (primary N) is 2. The number of hydrogen-bond acceptors (Lipinski definition) is 7. The van der Waals surface area contributed by atoms with Crippen LogP contribution in [0.5, 0.6) is 0 Å². The van der Waals surface area contributed by atoms with Gasteiger partial charge in [0.25, 0.3) is 0 Å². The standard InChI is InChI=1S/C26H27F3N4O3S/c1-13-8-14(9-21(31)26(13)37(2,35)36)16-6-7-32-12-15(16)10-22(34)25-20(30)11-19(29)24(33-25)23-17(27)4-3-5-18(23)28/h3-7,11-14,21,26H,8-10,30-31H2,1-2H3/t13-,14+,21+,26-/m0/s1. The summed E-state index contributed by atoms with van der Waals surface area (Å²) in [6.07, 6.45) is 5.02. The van der Waals surface area contributed by atoms with E-state index in [1.807, 2.05) is 6.92 Å². The second-order valence-corrected chi connectivity index (χ2v) is 11.8. The van der Waals surface area contributed by atoms with Gasteiger partial charge >= 0.3 is 0 Å². The molecular formula is C26H27F3N4O3S. The molecule has 7 nitrogen and oxygen atoms in total. The number of Topliss-reactive ketones (excluding diaryl/α,β-unsaturated/α-hetero) is 1. The number of halogens is 3. The van der Waals surface area contributed by atoms with Gasteiger partial charge in [-0.3, -0.25) is 9.78 Å². The van der Waals surface area contributed by atoms with Crippen molar-refractivity contribution >= 4 is 21.3 Å². The largest absolute Gasteiger partial charge is 0.397 e. The molecule has 0 saturated heterocycles. The average Bonchev–Trinajstić information content (AvgIpc) is 2.79. The molecule has 1 aliphatic carbocycles. The molecule has 1 aliphatic rings. The highest BCUT2D eigenvalue weighted by molar-refractivity contribution is 7.91. The van der Waals surface area contributed by atoms with Crippen LogP contribution in [0.4, 0.5) is 18.9 Å². The number of aromatic nitrogens is 2. The Morgan fingerprint density at radius 3 is 2.41 bits per heavy atom. The molecule has 0 amide bonds. The lowest BCUT2D eigenvalue weighted by Crippen LogP contribution is -2.48. The summed E-state index contributed by atoms with van der Waals surface area (Å²) < 4.78 is 67.7. The third-order valence-corrected chi connectivity index (χ3v) is 8.69. The molecule has 2 heterocycles. The Morgan fingerprint density at radius 2 is 1.78 bits per heavy atom. The van der Waals surface area contributed by atoms with E-state index in [1.165, 1.54) is 12.5 Å². The van der Waals surface area contributed by atoms with Gasteiger partial charge in [0.2, 0.25) is 0 Å². The summed E-state index contributed by atoms with van der Waals surface area (Å²) >= 11 is 0. The highest BCUT2D eigenvalue weighted by atomic mass is 32.2. The number of ketones is 1. The average molecular weight is 533 g/mol. The minimum Gasteiger partial charge on any atom is -0.397 e. The maximum Gasteiger partial charge on any atom is 0.187 e. The van der Waals surface area contributed by atoms with Crippen LogP contribution >= 0.6 is 0 Å². The van der Waals surface area contributed by atoms with Crippen LogP contribution in [0.2, 0.25) is 0 Å². The molecule has 3 aromatic rings. The van der Waals surface area contributed by atoms with Crippen LogP contribution in [0.15, 0.2) is 42.7 Å². The number of pyridine rings is 2. The monoisotopic (exact) mass is 532 g/mol. The molecular weight excluding hydrogens is 505 g/mol. The minimum absolute atomic E-state index is 0.115. The Kier molecular flexibility index (Phi) is 7.38. The van der Waals surface area contributed by atoms with Crippen LogP contribution in [0.25, 0.3) is 11.3 Å². The van der Waals surface area contributed by atoms with Crippen molar-refractivity contribution in [2.75, 3.05) is 12.0 Å². The van der Waals surface area contributed by atoms with E-state index in [2.05, 4.69) is 9.97 Å². The van der Waals surface area contributed by atoms with Gasteiger partial charge in [-0.2, -0.15) is 0 Å². The topological polar surface area (TPSA) is 129 Å². The summed E-state index contributed by atoms with van der Waals surface area (Å²) in [5.74, 6) is -4.03. The summed E-state index contributed by atoms with van der Waals surface area (Å²) in [7, 11) is -3.33. The summed E-state index contributed by atoms with van der Waals surface area (Å²) in [6.45, 7) is 1.84. The van der Waals surface area contributed by atoms with E-state index in [4.69, 9.17) is 11.5 Å². The number of nitrogens with zero attached hydrogens (tertiary/aromatic N) is 2. The molecule has 4 N–H and O–H groups in total. The molecule has 196 valence electrons. The molecule has 1 aromatic carbocycles. The van der Waals surface area contributed by atoms with E-state index < -0.39 is 55.6 Å². The summed E-state index contributed by atoms with van der Waals surface area (Å²) in [6, 6.07) is 5.06. The highest BCUT2D eigenvalue weighted by Crippen LogP contribution is 2.39. The lowest BCUT2D eigenvalue weighted by molar-refractivity contribution is 0.0988. The Morgan fingerprint density at radius 1 is 1.11 bits per heavy atom. The van der Waals surface area contributed by atoms with E-state index in [1.54, 1.807) is 12.3 Å². The van der Waals surface area contributed by atoms with Crippen molar-refractivity contribution in [3.05, 3.63) is 77.0 Å². The molecule has 0 radical (unpaired) electrons. The van der Waals surface area contributed by atoms with Crippen molar-refractivity contribution in [1.29, 1.82) is 0 Å². The second-order valence-electron chi connectivity index (χ2n) is 9.63. The van der Waals surface area contributed by atoms with Crippen molar-refractivity contribution in [3.8, 4) is 11.3 Å². The number of carbonyl (C=O) groups excluding carboxylic acids is 1. The third-order valence-electron chi connectivity index (χ3n) is 6.89. The Bertz CT molecular complexity index is 1430. The second kappa shape index (κ2) is 10.2. The molecule has 0 bridgehead atoms. The van der Waals surface area contributed by atoms with Crippen LogP contribution < -0.4 is 11.5 Å². The normalized spacial score (nSPS) is 22.1. The first-order valence-corrected chi connectivity index (χ1v) is 13.6. The first-order valence-electron chi connectivity index (χ1n) is 11.7. The number of rotatable bonds is 6. The van der Waals surface area contributed by atoms with Crippen LogP contribution in [0, 0.1) is 23.4 Å². The van der Waals surface area contributed by atoms with Crippen molar-refractivity contribution in [2.45, 2.75) is 43.4 Å². The van der Waals surface area contributed by atoms with E-state index in [0.717, 1.165) is 29.8 Å². The zero-order valence-corrected chi connectivity index (χ0v) is 21.1. The fraction of sp³-hybridized carbons (Fsp3) is 0.346. The van der Waals surface area contributed by atoms with E-state index in [9.17, 15) is 26.4 Å². The van der Waals surface area contributed by atoms with Gasteiger partial charge in [0, 0.05) is 37.2 Å². The number of hydrogen-bond donors (Lipinski definition) is 2. The summed E-state index contributed by atoms with van der Waals surface area (Å²) in [5, 5.41) is -0.656. The summed E-state index contributed by atoms with van der Waals surface area (Å²) in [4.78, 5) is 21.3. The fourth-order valence-corrected chi connectivity index (χ4v) is 7.12. The number of anilines is 1. The van der Waals surface area contributed by atoms with Crippen LogP contribution in [0.1, 0.15) is 47.3 Å². The Labute approximate surface area is 213 Å². The maximum absolute atomic E-state index is 14.6. The molecule has 4 atom stereocenters. The van der Waals surface area contributed by atoms with Crippen molar-refractivity contribution in [3.63, 3.8) is 0 Å². The molecule has 4 rings (SSSR count). The molecule has 1 fully saturated rings. The number of benzene rings is 1. The highest BCUT2D eigenvalue weighted by Gasteiger charge is 2.40. The van der Waals surface area contributed by atoms with Crippen LogP contribution in [-0.4, -0.2) is 41.7 Å². The van der Waals surface area contributed by atoms with Gasteiger partial charge in [-0.25, -0.2) is 26.6 Å². The quantitative estimate of drug-likeness (QED) is 0.462. The van der Waals surface area contributed by atoms with Gasteiger partial charge in [-0.15, -0.1) is 0 Å². The Hall–Kier alpha value is -3.31. The van der Waals surface area contributed by atoms with E-state index in [-0.39, 0.29) is 29.6 Å². The van der Waals surface area contributed by atoms with Gasteiger partial charge in [-0.1, -0.05) is 13.0 Å². The SMILES string of the molecule is C[C@H]1C[C@@H](c2ccncc2CC(=O)c2nc(-c3c(F)cccc3F)c(F)cc2N)C[C@@H](N)[C@H]1S(C)(=O)=O. The van der Waals surface area contributed by atoms with Gasteiger partial charge in [0.15, 0.2) is 21.4 Å². The molecule has 0 spiro atoms. The molecule has 37 heavy (non-hydrogen) atoms. The van der Waals surface area contributed by atoms with Gasteiger partial charge in [-0.05, 0) is 54.0 Å². The molecule has 1 saturated carbocycles. The lowest BCUT2D eigenvalue weighted by Gasteiger charge is -2.38. The predicted molar refractivity (Wildman–Crippen MR) is 134 cm³/mol. The van der Waals surface area contributed by atoms with Crippen molar-refractivity contribution in [1.82, 2.24) is 9.97 Å². The molecule has 0 aliphatic heterocycles. The van der Waals surface area contributed by atoms with E-state index in [0.29, 0.717) is 18.4 Å². The Balaban J connectivity index is 1.66. The third kappa shape index (κ3) is 5.37. The van der Waals surface area contributed by atoms with Gasteiger partial charge in [0.05, 0.1) is 16.5 Å². The first kappa shape index (κ1) is 26.7. The lowest BCUT2D eigenvalue weighted by atomic mass is 9.75. The van der Waals surface area contributed by atoms with Gasteiger partial charge in [0.1, 0.15) is 23.0 Å². The van der Waals surface area contributed by atoms with E-state index >= 15 is 0 Å². The smallest absolute Gasteiger partial charge is 0.187 e. The fourth-order valence-electron chi connectivity index (χ4n) is 5.42. The van der Waals surface area contributed by atoms with Gasteiger partial charge < -0.3 is 11.5 Å².